The highest BCUT2D eigenvalue weighted by Gasteiger charge is 2.26. The maximum absolute atomic E-state index is 13.1. The molecule has 2 aromatic carbocycles. The Morgan fingerprint density at radius 3 is 2.71 bits per heavy atom. The Morgan fingerprint density at radius 2 is 1.89 bits per heavy atom. The molecule has 2 aromatic rings. The van der Waals surface area contributed by atoms with Crippen LogP contribution < -0.4 is 14.2 Å². The summed E-state index contributed by atoms with van der Waals surface area (Å²) in [5.41, 5.74) is 2.30. The van der Waals surface area contributed by atoms with Crippen LogP contribution in [0.25, 0.3) is 0 Å². The third-order valence-electron chi connectivity index (χ3n) is 5.64. The number of carbonyl (C=O) groups is 1. The summed E-state index contributed by atoms with van der Waals surface area (Å²) in [6.45, 7) is 1.10. The molecule has 0 saturated carbocycles. The Balaban J connectivity index is 1.45. The standard InChI is InChI=1S/C23H27NO4/c1-26-19-10-8-18(9-11-19)20-5-3-2-4-14-24(20)23(25)13-7-17-6-12-21-22(15-17)28-16-27-21/h6,8-12,15,20H,2-5,7,13-14,16H2,1H3. The molecule has 28 heavy (non-hydrogen) atoms. The van der Waals surface area contributed by atoms with Gasteiger partial charge in [-0.05, 0) is 54.7 Å². The second-order valence-corrected chi connectivity index (χ2v) is 7.41. The molecule has 2 aliphatic rings. The summed E-state index contributed by atoms with van der Waals surface area (Å²) < 4.78 is 16.1. The molecule has 1 fully saturated rings. The van der Waals surface area contributed by atoms with Gasteiger partial charge in [-0.2, -0.15) is 0 Å². The number of likely N-dealkylation sites (tertiary alicyclic amines) is 1. The zero-order chi connectivity index (χ0) is 19.3. The van der Waals surface area contributed by atoms with Crippen molar-refractivity contribution in [2.75, 3.05) is 20.4 Å². The van der Waals surface area contributed by atoms with E-state index in [1.807, 2.05) is 30.3 Å². The summed E-state index contributed by atoms with van der Waals surface area (Å²) in [4.78, 5) is 15.2. The summed E-state index contributed by atoms with van der Waals surface area (Å²) >= 11 is 0. The predicted octanol–water partition coefficient (Wildman–Crippen LogP) is 4.50. The molecule has 2 aliphatic heterocycles. The van der Waals surface area contributed by atoms with Crippen molar-refractivity contribution in [3.63, 3.8) is 0 Å². The van der Waals surface area contributed by atoms with Crippen LogP contribution in [0.15, 0.2) is 42.5 Å². The second kappa shape index (κ2) is 8.55. The molecule has 0 spiro atoms. The largest absolute Gasteiger partial charge is 0.497 e. The molecule has 2 heterocycles. The molecular weight excluding hydrogens is 354 g/mol. The van der Waals surface area contributed by atoms with E-state index < -0.39 is 0 Å². The van der Waals surface area contributed by atoms with E-state index in [2.05, 4.69) is 17.0 Å². The maximum Gasteiger partial charge on any atom is 0.231 e. The first-order chi connectivity index (χ1) is 13.7. The van der Waals surface area contributed by atoms with E-state index in [1.54, 1.807) is 7.11 Å². The first-order valence-electron chi connectivity index (χ1n) is 10.1. The van der Waals surface area contributed by atoms with Gasteiger partial charge in [0.2, 0.25) is 12.7 Å². The van der Waals surface area contributed by atoms with Crippen LogP contribution in [-0.4, -0.2) is 31.3 Å². The number of carbonyl (C=O) groups excluding carboxylic acids is 1. The number of ether oxygens (including phenoxy) is 3. The van der Waals surface area contributed by atoms with Gasteiger partial charge in [0.25, 0.3) is 0 Å². The zero-order valence-electron chi connectivity index (χ0n) is 16.4. The summed E-state index contributed by atoms with van der Waals surface area (Å²) in [6.07, 6.45) is 5.64. The van der Waals surface area contributed by atoms with Gasteiger partial charge in [-0.25, -0.2) is 0 Å². The zero-order valence-corrected chi connectivity index (χ0v) is 16.4. The smallest absolute Gasteiger partial charge is 0.231 e. The minimum atomic E-state index is 0.151. The Morgan fingerprint density at radius 1 is 1.07 bits per heavy atom. The molecule has 1 amide bonds. The highest BCUT2D eigenvalue weighted by atomic mass is 16.7. The van der Waals surface area contributed by atoms with Gasteiger partial charge in [-0.1, -0.05) is 31.0 Å². The lowest BCUT2D eigenvalue weighted by Gasteiger charge is -2.31. The molecule has 0 bridgehead atoms. The summed E-state index contributed by atoms with van der Waals surface area (Å²) in [5, 5.41) is 0. The third-order valence-corrected chi connectivity index (χ3v) is 5.64. The quantitative estimate of drug-likeness (QED) is 0.765. The van der Waals surface area contributed by atoms with Crippen molar-refractivity contribution < 1.29 is 19.0 Å². The van der Waals surface area contributed by atoms with Crippen LogP contribution in [-0.2, 0) is 11.2 Å². The van der Waals surface area contributed by atoms with Gasteiger partial charge in [0.05, 0.1) is 13.2 Å². The number of aryl methyl sites for hydroxylation is 1. The first kappa shape index (κ1) is 18.7. The molecule has 0 aliphatic carbocycles. The van der Waals surface area contributed by atoms with Gasteiger partial charge >= 0.3 is 0 Å². The topological polar surface area (TPSA) is 48.0 Å². The van der Waals surface area contributed by atoms with Crippen LogP contribution in [0.1, 0.15) is 49.3 Å². The average Bonchev–Trinajstić information content (AvgIpc) is 3.06. The molecule has 0 radical (unpaired) electrons. The lowest BCUT2D eigenvalue weighted by Crippen LogP contribution is -2.35. The van der Waals surface area contributed by atoms with Gasteiger partial charge in [0, 0.05) is 13.0 Å². The molecule has 5 nitrogen and oxygen atoms in total. The minimum absolute atomic E-state index is 0.151. The van der Waals surface area contributed by atoms with Gasteiger partial charge < -0.3 is 19.1 Å². The highest BCUT2D eigenvalue weighted by molar-refractivity contribution is 5.77. The van der Waals surface area contributed by atoms with Gasteiger partial charge in [0.15, 0.2) is 11.5 Å². The molecule has 1 saturated heterocycles. The number of benzene rings is 2. The molecule has 148 valence electrons. The highest BCUT2D eigenvalue weighted by Crippen LogP contribution is 2.34. The van der Waals surface area contributed by atoms with Crippen molar-refractivity contribution in [2.24, 2.45) is 0 Å². The molecule has 5 heteroatoms. The second-order valence-electron chi connectivity index (χ2n) is 7.41. The molecule has 4 rings (SSSR count). The lowest BCUT2D eigenvalue weighted by atomic mass is 10.00. The van der Waals surface area contributed by atoms with Crippen molar-refractivity contribution >= 4 is 5.91 Å². The SMILES string of the molecule is COc1ccc(C2CCCCCN2C(=O)CCc2ccc3c(c2)OCO3)cc1. The van der Waals surface area contributed by atoms with Gasteiger partial charge in [-0.3, -0.25) is 4.79 Å². The van der Waals surface area contributed by atoms with Crippen molar-refractivity contribution in [1.82, 2.24) is 4.90 Å². The summed E-state index contributed by atoms with van der Waals surface area (Å²) in [5.74, 6) is 2.62. The maximum atomic E-state index is 13.1. The Bertz CT molecular complexity index is 818. The number of fused-ring (bicyclic) bond motifs is 1. The van der Waals surface area contributed by atoms with Crippen LogP contribution in [0.4, 0.5) is 0 Å². The van der Waals surface area contributed by atoms with E-state index in [1.165, 1.54) is 12.0 Å². The van der Waals surface area contributed by atoms with E-state index in [0.717, 1.165) is 48.6 Å². The van der Waals surface area contributed by atoms with Crippen LogP contribution in [0.5, 0.6) is 17.2 Å². The van der Waals surface area contributed by atoms with Crippen LogP contribution >= 0.6 is 0 Å². The van der Waals surface area contributed by atoms with E-state index in [4.69, 9.17) is 14.2 Å². The fraction of sp³-hybridized carbons (Fsp3) is 0.435. The molecule has 0 aromatic heterocycles. The van der Waals surface area contributed by atoms with Crippen molar-refractivity contribution in [2.45, 2.75) is 44.6 Å². The predicted molar refractivity (Wildman–Crippen MR) is 107 cm³/mol. The normalized spacial score (nSPS) is 18.6. The number of methoxy groups -OCH3 is 1. The van der Waals surface area contributed by atoms with E-state index in [9.17, 15) is 4.79 Å². The van der Waals surface area contributed by atoms with Gasteiger partial charge in [-0.15, -0.1) is 0 Å². The van der Waals surface area contributed by atoms with E-state index >= 15 is 0 Å². The Hall–Kier alpha value is -2.69. The number of hydrogen-bond donors (Lipinski definition) is 0. The third kappa shape index (κ3) is 4.08. The molecule has 0 N–H and O–H groups in total. The van der Waals surface area contributed by atoms with E-state index in [-0.39, 0.29) is 18.7 Å². The molecule has 1 atom stereocenters. The van der Waals surface area contributed by atoms with Crippen LogP contribution in [0.3, 0.4) is 0 Å². The first-order valence-corrected chi connectivity index (χ1v) is 10.1. The summed E-state index contributed by atoms with van der Waals surface area (Å²) in [7, 11) is 1.67. The monoisotopic (exact) mass is 381 g/mol. The fourth-order valence-corrected chi connectivity index (χ4v) is 4.07. The number of amides is 1. The molecule has 1 unspecified atom stereocenters. The Kier molecular flexibility index (Phi) is 5.70. The van der Waals surface area contributed by atoms with Crippen molar-refractivity contribution in [3.05, 3.63) is 53.6 Å². The number of nitrogens with zero attached hydrogens (tertiary/aromatic N) is 1. The van der Waals surface area contributed by atoms with E-state index in [0.29, 0.717) is 12.8 Å². The van der Waals surface area contributed by atoms with Crippen molar-refractivity contribution in [3.8, 4) is 17.2 Å². The average molecular weight is 381 g/mol. The minimum Gasteiger partial charge on any atom is -0.497 e. The number of hydrogen-bond acceptors (Lipinski definition) is 4. The van der Waals surface area contributed by atoms with Crippen LogP contribution in [0, 0.1) is 0 Å². The fourth-order valence-electron chi connectivity index (χ4n) is 4.07. The summed E-state index contributed by atoms with van der Waals surface area (Å²) in [6, 6.07) is 14.2. The van der Waals surface area contributed by atoms with Gasteiger partial charge in [0.1, 0.15) is 5.75 Å². The Labute approximate surface area is 166 Å². The van der Waals surface area contributed by atoms with Crippen molar-refractivity contribution in [1.29, 1.82) is 0 Å². The number of rotatable bonds is 5. The lowest BCUT2D eigenvalue weighted by molar-refractivity contribution is -0.133. The van der Waals surface area contributed by atoms with Crippen LogP contribution in [0.2, 0.25) is 0 Å². The molecular formula is C23H27NO4.